The average molecular weight is 251 g/mol. The lowest BCUT2D eigenvalue weighted by atomic mass is 9.98. The van der Waals surface area contributed by atoms with Gasteiger partial charge in [-0.2, -0.15) is 0 Å². The van der Waals surface area contributed by atoms with Crippen molar-refractivity contribution in [2.75, 3.05) is 13.1 Å². The Balaban J connectivity index is 2.76. The van der Waals surface area contributed by atoms with Crippen molar-refractivity contribution in [1.82, 2.24) is 4.90 Å². The van der Waals surface area contributed by atoms with Gasteiger partial charge in [-0.15, -0.1) is 0 Å². The predicted molar refractivity (Wildman–Crippen MR) is 72.3 cm³/mol. The molecular formula is C15H22FNO. The van der Waals surface area contributed by atoms with Gasteiger partial charge in [0.2, 0.25) is 0 Å². The molecule has 3 heteroatoms. The molecule has 18 heavy (non-hydrogen) atoms. The van der Waals surface area contributed by atoms with Crippen LogP contribution < -0.4 is 0 Å². The van der Waals surface area contributed by atoms with Gasteiger partial charge < -0.3 is 4.90 Å². The molecule has 1 unspecified atom stereocenters. The van der Waals surface area contributed by atoms with E-state index in [1.807, 2.05) is 6.92 Å². The molecule has 0 amide bonds. The van der Waals surface area contributed by atoms with Crippen LogP contribution in [0.4, 0.5) is 4.39 Å². The fraction of sp³-hybridized carbons (Fsp3) is 0.533. The lowest BCUT2D eigenvalue weighted by molar-refractivity contribution is 0.0877. The fourth-order valence-corrected chi connectivity index (χ4v) is 2.07. The number of hydrogen-bond donors (Lipinski definition) is 0. The minimum atomic E-state index is -0.429. The summed E-state index contributed by atoms with van der Waals surface area (Å²) in [5.74, 6) is -0.738. The maximum absolute atomic E-state index is 13.5. The summed E-state index contributed by atoms with van der Waals surface area (Å²) < 4.78 is 13.5. The van der Waals surface area contributed by atoms with Gasteiger partial charge >= 0.3 is 0 Å². The van der Waals surface area contributed by atoms with Gasteiger partial charge in [0.05, 0.1) is 5.56 Å². The van der Waals surface area contributed by atoms with Gasteiger partial charge in [-0.1, -0.05) is 26.0 Å². The summed E-state index contributed by atoms with van der Waals surface area (Å²) in [6, 6.07) is 6.58. The molecule has 0 saturated carbocycles. The maximum atomic E-state index is 13.5. The molecule has 1 aromatic rings. The van der Waals surface area contributed by atoms with Crippen LogP contribution in [-0.2, 0) is 0 Å². The molecule has 0 saturated heterocycles. The Morgan fingerprint density at radius 1 is 1.28 bits per heavy atom. The zero-order chi connectivity index (χ0) is 13.7. The van der Waals surface area contributed by atoms with Crippen LogP contribution in [0.2, 0.25) is 0 Å². The highest BCUT2D eigenvalue weighted by atomic mass is 19.1. The SMILES string of the molecule is CCN(CC(C)C(=O)c1ccccc1F)C(C)C. The van der Waals surface area contributed by atoms with Crippen molar-refractivity contribution in [1.29, 1.82) is 0 Å². The summed E-state index contributed by atoms with van der Waals surface area (Å²) in [5.41, 5.74) is 0.199. The van der Waals surface area contributed by atoms with Crippen LogP contribution in [0.5, 0.6) is 0 Å². The number of hydrogen-bond acceptors (Lipinski definition) is 2. The second-order valence-electron chi connectivity index (χ2n) is 4.93. The number of benzene rings is 1. The number of rotatable bonds is 6. The molecule has 0 bridgehead atoms. The third kappa shape index (κ3) is 3.64. The highest BCUT2D eigenvalue weighted by Gasteiger charge is 2.21. The Bertz CT molecular complexity index is 403. The standard InChI is InChI=1S/C15H22FNO/c1-5-17(11(2)3)10-12(4)15(18)13-8-6-7-9-14(13)16/h6-9,11-12H,5,10H2,1-4H3. The van der Waals surface area contributed by atoms with Gasteiger partial charge in [0.25, 0.3) is 0 Å². The lowest BCUT2D eigenvalue weighted by Crippen LogP contribution is -2.36. The van der Waals surface area contributed by atoms with E-state index in [1.54, 1.807) is 18.2 Å². The molecule has 1 rings (SSSR count). The van der Waals surface area contributed by atoms with Crippen LogP contribution >= 0.6 is 0 Å². The van der Waals surface area contributed by atoms with Crippen molar-refractivity contribution in [3.63, 3.8) is 0 Å². The third-order valence-corrected chi connectivity index (χ3v) is 3.23. The fourth-order valence-electron chi connectivity index (χ4n) is 2.07. The van der Waals surface area contributed by atoms with E-state index in [9.17, 15) is 9.18 Å². The zero-order valence-corrected chi connectivity index (χ0v) is 11.6. The van der Waals surface area contributed by atoms with Crippen LogP contribution in [0.25, 0.3) is 0 Å². The first kappa shape index (κ1) is 14.8. The molecule has 0 aliphatic heterocycles. The van der Waals surface area contributed by atoms with E-state index in [0.29, 0.717) is 12.6 Å². The summed E-state index contributed by atoms with van der Waals surface area (Å²) in [5, 5.41) is 0. The quantitative estimate of drug-likeness (QED) is 0.722. The van der Waals surface area contributed by atoms with E-state index in [1.165, 1.54) is 6.07 Å². The Morgan fingerprint density at radius 2 is 1.89 bits per heavy atom. The molecule has 0 aliphatic rings. The minimum absolute atomic E-state index is 0.118. The number of ketones is 1. The van der Waals surface area contributed by atoms with E-state index in [0.717, 1.165) is 6.54 Å². The van der Waals surface area contributed by atoms with Gasteiger partial charge in [-0.25, -0.2) is 4.39 Å². The Hall–Kier alpha value is -1.22. The van der Waals surface area contributed by atoms with Gasteiger partial charge in [0.15, 0.2) is 5.78 Å². The number of Topliss-reactive ketones (excluding diaryl/α,β-unsaturated/α-hetero) is 1. The van der Waals surface area contributed by atoms with Gasteiger partial charge in [0.1, 0.15) is 5.82 Å². The molecule has 2 nitrogen and oxygen atoms in total. The summed E-state index contributed by atoms with van der Waals surface area (Å²) in [7, 11) is 0. The number of halogens is 1. The zero-order valence-electron chi connectivity index (χ0n) is 11.6. The Morgan fingerprint density at radius 3 is 2.39 bits per heavy atom. The van der Waals surface area contributed by atoms with Crippen molar-refractivity contribution >= 4 is 5.78 Å². The van der Waals surface area contributed by atoms with Crippen LogP contribution in [-0.4, -0.2) is 29.8 Å². The largest absolute Gasteiger partial charge is 0.300 e. The first-order valence-corrected chi connectivity index (χ1v) is 6.50. The monoisotopic (exact) mass is 251 g/mol. The number of nitrogens with zero attached hydrogens (tertiary/aromatic N) is 1. The smallest absolute Gasteiger partial charge is 0.169 e. The molecule has 0 aromatic heterocycles. The van der Waals surface area contributed by atoms with E-state index >= 15 is 0 Å². The topological polar surface area (TPSA) is 20.3 Å². The summed E-state index contributed by atoms with van der Waals surface area (Å²) in [6.45, 7) is 9.70. The lowest BCUT2D eigenvalue weighted by Gasteiger charge is -2.27. The van der Waals surface area contributed by atoms with Crippen LogP contribution in [0, 0.1) is 11.7 Å². The first-order valence-electron chi connectivity index (χ1n) is 6.50. The molecular weight excluding hydrogens is 229 g/mol. The second kappa shape index (κ2) is 6.64. The summed E-state index contributed by atoms with van der Waals surface area (Å²) in [6.07, 6.45) is 0. The highest BCUT2D eigenvalue weighted by Crippen LogP contribution is 2.14. The van der Waals surface area contributed by atoms with E-state index in [2.05, 4.69) is 25.7 Å². The number of carbonyl (C=O) groups is 1. The highest BCUT2D eigenvalue weighted by molar-refractivity contribution is 5.98. The van der Waals surface area contributed by atoms with Crippen molar-refractivity contribution in [2.24, 2.45) is 5.92 Å². The van der Waals surface area contributed by atoms with Gasteiger partial charge in [-0.3, -0.25) is 4.79 Å². The first-order chi connectivity index (χ1) is 8.47. The molecule has 1 aromatic carbocycles. The second-order valence-corrected chi connectivity index (χ2v) is 4.93. The van der Waals surface area contributed by atoms with Crippen LogP contribution in [0.3, 0.4) is 0 Å². The molecule has 0 fully saturated rings. The summed E-state index contributed by atoms with van der Waals surface area (Å²) >= 11 is 0. The van der Waals surface area contributed by atoms with E-state index in [-0.39, 0.29) is 17.3 Å². The molecule has 100 valence electrons. The third-order valence-electron chi connectivity index (χ3n) is 3.23. The molecule has 1 atom stereocenters. The van der Waals surface area contributed by atoms with E-state index in [4.69, 9.17) is 0 Å². The van der Waals surface area contributed by atoms with Crippen molar-refractivity contribution < 1.29 is 9.18 Å². The van der Waals surface area contributed by atoms with Gasteiger partial charge in [0, 0.05) is 18.5 Å². The average Bonchev–Trinajstić information content (AvgIpc) is 2.35. The summed E-state index contributed by atoms with van der Waals surface area (Å²) in [4.78, 5) is 14.4. The molecule has 0 spiro atoms. The molecule has 0 aliphatic carbocycles. The van der Waals surface area contributed by atoms with Crippen LogP contribution in [0.1, 0.15) is 38.1 Å². The maximum Gasteiger partial charge on any atom is 0.169 e. The molecule has 0 heterocycles. The molecule has 0 radical (unpaired) electrons. The molecule has 0 N–H and O–H groups in total. The Labute approximate surface area is 109 Å². The van der Waals surface area contributed by atoms with Crippen molar-refractivity contribution in [2.45, 2.75) is 33.7 Å². The number of carbonyl (C=O) groups excluding carboxylic acids is 1. The minimum Gasteiger partial charge on any atom is -0.300 e. The predicted octanol–water partition coefficient (Wildman–Crippen LogP) is 3.37. The normalized spacial score (nSPS) is 13.1. The van der Waals surface area contributed by atoms with E-state index < -0.39 is 5.82 Å². The van der Waals surface area contributed by atoms with Crippen molar-refractivity contribution in [3.05, 3.63) is 35.6 Å². The van der Waals surface area contributed by atoms with Gasteiger partial charge in [-0.05, 0) is 32.5 Å². The van der Waals surface area contributed by atoms with Crippen molar-refractivity contribution in [3.8, 4) is 0 Å². The Kier molecular flexibility index (Phi) is 5.48. The van der Waals surface area contributed by atoms with Crippen LogP contribution in [0.15, 0.2) is 24.3 Å².